The molecule has 0 amide bonds. The molecule has 1 aromatic rings. The number of nitrogens with one attached hydrogen (secondary N) is 1. The largest absolute Gasteiger partial charge is 0.392 e. The van der Waals surface area contributed by atoms with Gasteiger partial charge in [-0.3, -0.25) is 0 Å². The number of hydrogen-bond donors (Lipinski definition) is 2. The molecule has 0 radical (unpaired) electrons. The van der Waals surface area contributed by atoms with E-state index < -0.39 is 16.1 Å². The second kappa shape index (κ2) is 5.07. The molecule has 0 spiro atoms. The van der Waals surface area contributed by atoms with Gasteiger partial charge in [-0.05, 0) is 19.1 Å². The summed E-state index contributed by atoms with van der Waals surface area (Å²) in [4.78, 5) is -0.0712. The first-order chi connectivity index (χ1) is 7.47. The third-order valence-electron chi connectivity index (χ3n) is 1.87. The third-order valence-corrected chi connectivity index (χ3v) is 3.35. The Morgan fingerprint density at radius 3 is 2.69 bits per heavy atom. The van der Waals surface area contributed by atoms with Crippen LogP contribution in [0.2, 0.25) is 0 Å². The number of aliphatic hydroxyl groups excluding tert-OH is 1. The molecule has 0 aliphatic heterocycles. The van der Waals surface area contributed by atoms with Crippen LogP contribution in [-0.4, -0.2) is 26.2 Å². The lowest BCUT2D eigenvalue weighted by molar-refractivity contribution is 0.198. The van der Waals surface area contributed by atoms with Gasteiger partial charge in [0.2, 0.25) is 10.0 Å². The van der Waals surface area contributed by atoms with Crippen LogP contribution in [0, 0.1) is 11.3 Å². The number of sulfonamides is 1. The molecular weight excluding hydrogens is 228 g/mol. The van der Waals surface area contributed by atoms with Crippen molar-refractivity contribution in [2.24, 2.45) is 0 Å². The lowest BCUT2D eigenvalue weighted by Gasteiger charge is -2.09. The Morgan fingerprint density at radius 2 is 2.12 bits per heavy atom. The van der Waals surface area contributed by atoms with E-state index in [9.17, 15) is 8.42 Å². The van der Waals surface area contributed by atoms with E-state index >= 15 is 0 Å². The van der Waals surface area contributed by atoms with E-state index in [0.29, 0.717) is 0 Å². The summed E-state index contributed by atoms with van der Waals surface area (Å²) in [7, 11) is -3.73. The molecular formula is C10H12N2O3S. The van der Waals surface area contributed by atoms with Gasteiger partial charge in [-0.2, -0.15) is 5.26 Å². The van der Waals surface area contributed by atoms with Crippen LogP contribution < -0.4 is 4.72 Å². The van der Waals surface area contributed by atoms with Crippen LogP contribution in [0.25, 0.3) is 0 Å². The van der Waals surface area contributed by atoms with Gasteiger partial charge in [0, 0.05) is 6.54 Å². The summed E-state index contributed by atoms with van der Waals surface area (Å²) in [5, 5.41) is 17.8. The monoisotopic (exact) mass is 240 g/mol. The van der Waals surface area contributed by atoms with Gasteiger partial charge < -0.3 is 5.11 Å². The molecule has 5 nitrogen and oxygen atoms in total. The molecule has 1 rings (SSSR count). The highest BCUT2D eigenvalue weighted by atomic mass is 32.2. The van der Waals surface area contributed by atoms with E-state index in [4.69, 9.17) is 10.4 Å². The Labute approximate surface area is 94.4 Å². The number of rotatable bonds is 4. The molecule has 0 aliphatic rings. The second-order valence-electron chi connectivity index (χ2n) is 3.31. The van der Waals surface area contributed by atoms with E-state index in [0.717, 1.165) is 0 Å². The minimum absolute atomic E-state index is 0.0712. The molecule has 0 aliphatic carbocycles. The summed E-state index contributed by atoms with van der Waals surface area (Å²) in [6.45, 7) is 1.39. The van der Waals surface area contributed by atoms with Crippen molar-refractivity contribution in [3.63, 3.8) is 0 Å². The Hall–Kier alpha value is -1.42. The van der Waals surface area contributed by atoms with Crippen LogP contribution in [0.3, 0.4) is 0 Å². The highest BCUT2D eigenvalue weighted by molar-refractivity contribution is 7.89. The van der Waals surface area contributed by atoms with E-state index in [-0.39, 0.29) is 17.0 Å². The number of nitriles is 1. The first-order valence-corrected chi connectivity index (χ1v) is 6.12. The zero-order valence-electron chi connectivity index (χ0n) is 8.71. The summed E-state index contributed by atoms with van der Waals surface area (Å²) < 4.78 is 25.7. The quantitative estimate of drug-likeness (QED) is 0.787. The molecule has 0 saturated carbocycles. The summed E-state index contributed by atoms with van der Waals surface area (Å²) in [6.07, 6.45) is -0.774. The van der Waals surface area contributed by atoms with Crippen molar-refractivity contribution in [2.45, 2.75) is 17.9 Å². The zero-order chi connectivity index (χ0) is 12.2. The van der Waals surface area contributed by atoms with Crippen molar-refractivity contribution < 1.29 is 13.5 Å². The van der Waals surface area contributed by atoms with Gasteiger partial charge in [-0.1, -0.05) is 12.1 Å². The summed E-state index contributed by atoms with van der Waals surface area (Å²) in [5.41, 5.74) is 0.0839. The van der Waals surface area contributed by atoms with Gasteiger partial charge in [0.05, 0.1) is 16.6 Å². The van der Waals surface area contributed by atoms with Crippen molar-refractivity contribution in [3.8, 4) is 6.07 Å². The maximum Gasteiger partial charge on any atom is 0.241 e. The topological polar surface area (TPSA) is 90.2 Å². The number of aliphatic hydroxyl groups is 1. The van der Waals surface area contributed by atoms with Crippen molar-refractivity contribution in [1.29, 1.82) is 5.26 Å². The van der Waals surface area contributed by atoms with Crippen LogP contribution in [0.1, 0.15) is 12.5 Å². The standard InChI is InChI=1S/C10H12N2O3S/c1-8(13)7-12-16(14,15)10-5-3-2-4-9(10)6-11/h2-5,8,12-13H,7H2,1H3/t8-/m0/s1. The highest BCUT2D eigenvalue weighted by Gasteiger charge is 2.17. The van der Waals surface area contributed by atoms with Gasteiger partial charge >= 0.3 is 0 Å². The molecule has 0 heterocycles. The van der Waals surface area contributed by atoms with Crippen molar-refractivity contribution in [2.75, 3.05) is 6.54 Å². The molecule has 0 unspecified atom stereocenters. The van der Waals surface area contributed by atoms with Gasteiger partial charge in [-0.25, -0.2) is 13.1 Å². The third kappa shape index (κ3) is 3.03. The SMILES string of the molecule is C[C@H](O)CNS(=O)(=O)c1ccccc1C#N. The van der Waals surface area contributed by atoms with Gasteiger partial charge in [0.1, 0.15) is 6.07 Å². The van der Waals surface area contributed by atoms with Crippen molar-refractivity contribution in [3.05, 3.63) is 29.8 Å². The Balaban J connectivity index is 3.04. The average Bonchev–Trinajstić information content (AvgIpc) is 2.26. The highest BCUT2D eigenvalue weighted by Crippen LogP contribution is 2.13. The number of benzene rings is 1. The van der Waals surface area contributed by atoms with Crippen LogP contribution >= 0.6 is 0 Å². The molecule has 16 heavy (non-hydrogen) atoms. The molecule has 2 N–H and O–H groups in total. The molecule has 0 saturated heterocycles. The lowest BCUT2D eigenvalue weighted by atomic mass is 10.2. The van der Waals surface area contributed by atoms with E-state index in [2.05, 4.69) is 4.72 Å². The lowest BCUT2D eigenvalue weighted by Crippen LogP contribution is -2.31. The zero-order valence-corrected chi connectivity index (χ0v) is 9.53. The summed E-state index contributed by atoms with van der Waals surface area (Å²) in [5.74, 6) is 0. The van der Waals surface area contributed by atoms with Gasteiger partial charge in [0.25, 0.3) is 0 Å². The van der Waals surface area contributed by atoms with Crippen molar-refractivity contribution in [1.82, 2.24) is 4.72 Å². The minimum atomic E-state index is -3.73. The smallest absolute Gasteiger partial charge is 0.241 e. The van der Waals surface area contributed by atoms with E-state index in [1.807, 2.05) is 6.07 Å². The predicted molar refractivity (Wildman–Crippen MR) is 58.0 cm³/mol. The normalized spacial score (nSPS) is 13.1. The first kappa shape index (κ1) is 12.6. The molecule has 1 aromatic carbocycles. The van der Waals surface area contributed by atoms with Crippen molar-refractivity contribution >= 4 is 10.0 Å². The molecule has 0 fully saturated rings. The molecule has 0 aromatic heterocycles. The average molecular weight is 240 g/mol. The summed E-state index contributed by atoms with van der Waals surface area (Å²) in [6, 6.07) is 7.71. The van der Waals surface area contributed by atoms with E-state index in [1.165, 1.54) is 25.1 Å². The fourth-order valence-corrected chi connectivity index (χ4v) is 2.38. The van der Waals surface area contributed by atoms with Crippen LogP contribution in [0.4, 0.5) is 0 Å². The second-order valence-corrected chi connectivity index (χ2v) is 5.04. The molecule has 1 atom stereocenters. The Kier molecular flexibility index (Phi) is 4.01. The fourth-order valence-electron chi connectivity index (χ4n) is 1.10. The maximum absolute atomic E-state index is 11.7. The summed E-state index contributed by atoms with van der Waals surface area (Å²) >= 11 is 0. The van der Waals surface area contributed by atoms with E-state index in [1.54, 1.807) is 6.07 Å². The molecule has 6 heteroatoms. The molecule has 86 valence electrons. The van der Waals surface area contributed by atoms with Crippen LogP contribution in [0.5, 0.6) is 0 Å². The molecule has 0 bridgehead atoms. The maximum atomic E-state index is 11.7. The minimum Gasteiger partial charge on any atom is -0.392 e. The fraction of sp³-hybridized carbons (Fsp3) is 0.300. The Bertz CT molecular complexity index is 503. The predicted octanol–water partition coefficient (Wildman–Crippen LogP) is 0.217. The number of nitrogens with zero attached hydrogens (tertiary/aromatic N) is 1. The van der Waals surface area contributed by atoms with Crippen LogP contribution in [-0.2, 0) is 10.0 Å². The van der Waals surface area contributed by atoms with Gasteiger partial charge in [-0.15, -0.1) is 0 Å². The van der Waals surface area contributed by atoms with Crippen LogP contribution in [0.15, 0.2) is 29.2 Å². The number of hydrogen-bond acceptors (Lipinski definition) is 4. The first-order valence-electron chi connectivity index (χ1n) is 4.64. The van der Waals surface area contributed by atoms with Gasteiger partial charge in [0.15, 0.2) is 0 Å². The Morgan fingerprint density at radius 1 is 1.50 bits per heavy atom.